The van der Waals surface area contributed by atoms with Gasteiger partial charge in [0.2, 0.25) is 0 Å². The fourth-order valence-electron chi connectivity index (χ4n) is 2.41. The van der Waals surface area contributed by atoms with E-state index in [1.165, 1.54) is 19.3 Å². The molecule has 12 heavy (non-hydrogen) atoms. The van der Waals surface area contributed by atoms with Gasteiger partial charge in [-0.25, -0.2) is 0 Å². The van der Waals surface area contributed by atoms with Gasteiger partial charge < -0.3 is 4.74 Å². The quantitative estimate of drug-likeness (QED) is 0.471. The lowest BCUT2D eigenvalue weighted by Crippen LogP contribution is -2.10. The summed E-state index contributed by atoms with van der Waals surface area (Å²) in [6.45, 7) is 3.88. The monoisotopic (exact) mass is 166 g/mol. The lowest BCUT2D eigenvalue weighted by molar-refractivity contribution is -0.144. The van der Waals surface area contributed by atoms with Gasteiger partial charge in [0, 0.05) is 0 Å². The van der Waals surface area contributed by atoms with Crippen molar-refractivity contribution in [3.63, 3.8) is 0 Å². The van der Waals surface area contributed by atoms with Crippen molar-refractivity contribution in [3.05, 3.63) is 12.7 Å². The fraction of sp³-hybridized carbons (Fsp3) is 0.700. The second-order valence-electron chi connectivity index (χ2n) is 3.70. The summed E-state index contributed by atoms with van der Waals surface area (Å²) in [5, 5.41) is 0. The van der Waals surface area contributed by atoms with Crippen LogP contribution in [0.1, 0.15) is 19.3 Å². The third-order valence-corrected chi connectivity index (χ3v) is 3.02. The fourth-order valence-corrected chi connectivity index (χ4v) is 2.41. The van der Waals surface area contributed by atoms with Gasteiger partial charge in [0.1, 0.15) is 6.61 Å². The van der Waals surface area contributed by atoms with Crippen LogP contribution in [0.25, 0.3) is 0 Å². The average Bonchev–Trinajstić information content (AvgIpc) is 2.56. The van der Waals surface area contributed by atoms with E-state index in [2.05, 4.69) is 6.58 Å². The number of esters is 1. The minimum atomic E-state index is 0.00426. The van der Waals surface area contributed by atoms with Gasteiger partial charge in [-0.15, -0.1) is 0 Å². The lowest BCUT2D eigenvalue weighted by Gasteiger charge is -2.02. The number of hydrogen-bond donors (Lipinski definition) is 0. The third kappa shape index (κ3) is 1.15. The van der Waals surface area contributed by atoms with Gasteiger partial charge in [0.25, 0.3) is 0 Å². The summed E-state index contributed by atoms with van der Waals surface area (Å²) in [5.74, 6) is 1.59. The topological polar surface area (TPSA) is 26.3 Å². The maximum Gasteiger partial charge on any atom is 0.309 e. The highest BCUT2D eigenvalue weighted by Crippen LogP contribution is 2.57. The summed E-state index contributed by atoms with van der Waals surface area (Å²) in [5.41, 5.74) is 0. The highest BCUT2D eigenvalue weighted by Gasteiger charge is 2.57. The first-order valence-corrected chi connectivity index (χ1v) is 4.62. The molecular weight excluding hydrogens is 152 g/mol. The number of fused-ring (bicyclic) bond motifs is 1. The van der Waals surface area contributed by atoms with Crippen molar-refractivity contribution in [2.45, 2.75) is 19.3 Å². The zero-order chi connectivity index (χ0) is 8.55. The summed E-state index contributed by atoms with van der Waals surface area (Å²) < 4.78 is 4.99. The summed E-state index contributed by atoms with van der Waals surface area (Å²) in [4.78, 5) is 11.3. The molecule has 2 saturated carbocycles. The molecule has 0 bridgehead atoms. The van der Waals surface area contributed by atoms with Crippen molar-refractivity contribution >= 4 is 5.97 Å². The van der Waals surface area contributed by atoms with Gasteiger partial charge in [-0.2, -0.15) is 0 Å². The van der Waals surface area contributed by atoms with Crippen molar-refractivity contribution in [2.24, 2.45) is 17.8 Å². The molecule has 2 rings (SSSR count). The van der Waals surface area contributed by atoms with E-state index < -0.39 is 0 Å². The van der Waals surface area contributed by atoms with Crippen LogP contribution < -0.4 is 0 Å². The Morgan fingerprint density at radius 3 is 2.75 bits per heavy atom. The van der Waals surface area contributed by atoms with Gasteiger partial charge >= 0.3 is 5.97 Å². The molecule has 0 aromatic carbocycles. The Kier molecular flexibility index (Phi) is 1.91. The molecule has 0 radical (unpaired) electrons. The van der Waals surface area contributed by atoms with Crippen LogP contribution >= 0.6 is 0 Å². The van der Waals surface area contributed by atoms with Gasteiger partial charge in [-0.05, 0) is 24.7 Å². The predicted molar refractivity (Wildman–Crippen MR) is 45.5 cm³/mol. The third-order valence-electron chi connectivity index (χ3n) is 3.02. The van der Waals surface area contributed by atoms with Crippen LogP contribution in [0.2, 0.25) is 0 Å². The van der Waals surface area contributed by atoms with E-state index in [-0.39, 0.29) is 11.9 Å². The minimum Gasteiger partial charge on any atom is -0.461 e. The van der Waals surface area contributed by atoms with Crippen LogP contribution in [-0.4, -0.2) is 12.6 Å². The van der Waals surface area contributed by atoms with Crippen LogP contribution in [-0.2, 0) is 9.53 Å². The SMILES string of the molecule is C=CCOC(=O)C1C2CCCC21. The molecule has 0 saturated heterocycles. The van der Waals surface area contributed by atoms with Crippen LogP contribution in [0, 0.1) is 17.8 Å². The molecule has 2 heteroatoms. The van der Waals surface area contributed by atoms with Crippen molar-refractivity contribution in [1.29, 1.82) is 0 Å². The first kappa shape index (κ1) is 7.84. The zero-order valence-electron chi connectivity index (χ0n) is 7.16. The van der Waals surface area contributed by atoms with E-state index in [1.807, 2.05) is 0 Å². The second-order valence-corrected chi connectivity index (χ2v) is 3.70. The van der Waals surface area contributed by atoms with E-state index in [0.29, 0.717) is 18.4 Å². The number of carbonyl (C=O) groups excluding carboxylic acids is 1. The van der Waals surface area contributed by atoms with Crippen LogP contribution in [0.15, 0.2) is 12.7 Å². The van der Waals surface area contributed by atoms with Crippen LogP contribution in [0.5, 0.6) is 0 Å². The Hall–Kier alpha value is -0.790. The molecule has 0 aromatic rings. The number of carbonyl (C=O) groups is 1. The molecule has 2 aliphatic carbocycles. The standard InChI is InChI=1S/C10H14O2/c1-2-6-12-10(11)9-7-4-3-5-8(7)9/h2,7-9H,1,3-6H2. The Morgan fingerprint density at radius 2 is 2.17 bits per heavy atom. The zero-order valence-corrected chi connectivity index (χ0v) is 7.16. The minimum absolute atomic E-state index is 0.00426. The Morgan fingerprint density at radius 1 is 1.50 bits per heavy atom. The summed E-state index contributed by atoms with van der Waals surface area (Å²) in [6.07, 6.45) is 5.40. The van der Waals surface area contributed by atoms with E-state index in [9.17, 15) is 4.79 Å². The van der Waals surface area contributed by atoms with Gasteiger partial charge in [0.15, 0.2) is 0 Å². The molecule has 66 valence electrons. The summed E-state index contributed by atoms with van der Waals surface area (Å²) in [6, 6.07) is 0. The van der Waals surface area contributed by atoms with E-state index >= 15 is 0 Å². The molecule has 2 aliphatic rings. The van der Waals surface area contributed by atoms with Crippen molar-refractivity contribution in [3.8, 4) is 0 Å². The summed E-state index contributed by atoms with van der Waals surface area (Å²) >= 11 is 0. The molecule has 0 spiro atoms. The first-order chi connectivity index (χ1) is 5.84. The molecule has 2 nitrogen and oxygen atoms in total. The molecule has 2 atom stereocenters. The highest BCUT2D eigenvalue weighted by atomic mass is 16.5. The van der Waals surface area contributed by atoms with Crippen molar-refractivity contribution < 1.29 is 9.53 Å². The Labute approximate surface area is 72.6 Å². The van der Waals surface area contributed by atoms with E-state index in [1.54, 1.807) is 6.08 Å². The Balaban J connectivity index is 1.80. The van der Waals surface area contributed by atoms with Gasteiger partial charge in [-0.1, -0.05) is 19.1 Å². The van der Waals surface area contributed by atoms with Crippen molar-refractivity contribution in [1.82, 2.24) is 0 Å². The largest absolute Gasteiger partial charge is 0.461 e. The highest BCUT2D eigenvalue weighted by molar-refractivity contribution is 5.76. The molecular formula is C10H14O2. The molecule has 0 amide bonds. The average molecular weight is 166 g/mol. The normalized spacial score (nSPS) is 37.2. The first-order valence-electron chi connectivity index (χ1n) is 4.62. The van der Waals surface area contributed by atoms with Crippen LogP contribution in [0.4, 0.5) is 0 Å². The molecule has 2 unspecified atom stereocenters. The molecule has 0 aromatic heterocycles. The van der Waals surface area contributed by atoms with Crippen molar-refractivity contribution in [2.75, 3.05) is 6.61 Å². The number of hydrogen-bond acceptors (Lipinski definition) is 2. The maximum atomic E-state index is 11.3. The van der Waals surface area contributed by atoms with E-state index in [4.69, 9.17) is 4.74 Å². The predicted octanol–water partition coefficient (Wildman–Crippen LogP) is 1.76. The summed E-state index contributed by atoms with van der Waals surface area (Å²) in [7, 11) is 0. The number of ether oxygens (including phenoxy) is 1. The maximum absolute atomic E-state index is 11.3. The second kappa shape index (κ2) is 2.92. The van der Waals surface area contributed by atoms with Gasteiger partial charge in [-0.3, -0.25) is 4.79 Å². The smallest absolute Gasteiger partial charge is 0.309 e. The molecule has 2 fully saturated rings. The molecule has 0 aliphatic heterocycles. The van der Waals surface area contributed by atoms with Gasteiger partial charge in [0.05, 0.1) is 5.92 Å². The number of rotatable bonds is 3. The molecule has 0 N–H and O–H groups in total. The van der Waals surface area contributed by atoms with E-state index in [0.717, 1.165) is 0 Å². The Bertz CT molecular complexity index is 200. The lowest BCUT2D eigenvalue weighted by atomic mass is 10.1. The molecule has 0 heterocycles. The van der Waals surface area contributed by atoms with Crippen LogP contribution in [0.3, 0.4) is 0 Å².